The Morgan fingerprint density at radius 2 is 2.22 bits per heavy atom. The molecule has 98 valence electrons. The van der Waals surface area contributed by atoms with Crippen LogP contribution in [0.5, 0.6) is 0 Å². The van der Waals surface area contributed by atoms with Gasteiger partial charge in [-0.1, -0.05) is 24.3 Å². The lowest BCUT2D eigenvalue weighted by Crippen LogP contribution is -2.27. The number of carbonyl (C=O) groups is 1. The van der Waals surface area contributed by atoms with E-state index in [2.05, 4.69) is 16.9 Å². The SMILES string of the molecule is COC(=O)CCCOC1c2ccccc2CC1N. The van der Waals surface area contributed by atoms with Crippen LogP contribution in [0.25, 0.3) is 0 Å². The van der Waals surface area contributed by atoms with E-state index < -0.39 is 0 Å². The fraction of sp³-hybridized carbons (Fsp3) is 0.500. The number of esters is 1. The van der Waals surface area contributed by atoms with Crippen LogP contribution in [0.1, 0.15) is 30.1 Å². The van der Waals surface area contributed by atoms with Crippen molar-refractivity contribution in [3.8, 4) is 0 Å². The van der Waals surface area contributed by atoms with Crippen molar-refractivity contribution in [3.05, 3.63) is 35.4 Å². The van der Waals surface area contributed by atoms with Crippen LogP contribution in [0.4, 0.5) is 0 Å². The summed E-state index contributed by atoms with van der Waals surface area (Å²) in [4.78, 5) is 11.0. The van der Waals surface area contributed by atoms with E-state index in [1.165, 1.54) is 18.2 Å². The summed E-state index contributed by atoms with van der Waals surface area (Å²) in [6.07, 6.45) is 1.87. The minimum absolute atomic E-state index is 0.0144. The molecule has 0 aromatic heterocycles. The Hall–Kier alpha value is -1.39. The smallest absolute Gasteiger partial charge is 0.305 e. The number of nitrogens with two attached hydrogens (primary N) is 1. The van der Waals surface area contributed by atoms with Crippen LogP contribution in [0, 0.1) is 0 Å². The minimum atomic E-state index is -0.199. The minimum Gasteiger partial charge on any atom is -0.469 e. The van der Waals surface area contributed by atoms with E-state index in [9.17, 15) is 4.79 Å². The van der Waals surface area contributed by atoms with Crippen molar-refractivity contribution in [3.63, 3.8) is 0 Å². The van der Waals surface area contributed by atoms with Gasteiger partial charge in [0, 0.05) is 19.1 Å². The van der Waals surface area contributed by atoms with Crippen LogP contribution >= 0.6 is 0 Å². The molecule has 0 aliphatic heterocycles. The molecule has 0 saturated heterocycles. The molecule has 4 heteroatoms. The maximum absolute atomic E-state index is 11.0. The fourth-order valence-electron chi connectivity index (χ4n) is 2.33. The molecule has 1 aliphatic carbocycles. The summed E-state index contributed by atoms with van der Waals surface area (Å²) < 4.78 is 10.4. The Morgan fingerprint density at radius 3 is 3.00 bits per heavy atom. The van der Waals surface area contributed by atoms with Gasteiger partial charge in [0.1, 0.15) is 0 Å². The predicted molar refractivity (Wildman–Crippen MR) is 68.1 cm³/mol. The Balaban J connectivity index is 1.85. The standard InChI is InChI=1S/C14H19NO3/c1-17-13(16)7-4-8-18-14-11-6-3-2-5-10(11)9-12(14)15/h2-3,5-6,12,14H,4,7-9,15H2,1H3. The van der Waals surface area contributed by atoms with Gasteiger partial charge in [-0.05, 0) is 24.0 Å². The summed E-state index contributed by atoms with van der Waals surface area (Å²) >= 11 is 0. The van der Waals surface area contributed by atoms with Crippen molar-refractivity contribution in [2.75, 3.05) is 13.7 Å². The molecule has 2 N–H and O–H groups in total. The van der Waals surface area contributed by atoms with E-state index in [0.717, 1.165) is 6.42 Å². The average molecular weight is 249 g/mol. The predicted octanol–water partition coefficient (Wildman–Crippen LogP) is 1.58. The number of fused-ring (bicyclic) bond motifs is 1. The quantitative estimate of drug-likeness (QED) is 0.635. The van der Waals surface area contributed by atoms with Gasteiger partial charge < -0.3 is 15.2 Å². The molecular formula is C14H19NO3. The van der Waals surface area contributed by atoms with Gasteiger partial charge in [0.2, 0.25) is 0 Å². The van der Waals surface area contributed by atoms with E-state index >= 15 is 0 Å². The van der Waals surface area contributed by atoms with E-state index in [0.29, 0.717) is 19.4 Å². The molecular weight excluding hydrogens is 230 g/mol. The summed E-state index contributed by atoms with van der Waals surface area (Å²) in [6.45, 7) is 0.530. The van der Waals surface area contributed by atoms with Gasteiger partial charge >= 0.3 is 5.97 Å². The molecule has 4 nitrogen and oxygen atoms in total. The van der Waals surface area contributed by atoms with Crippen LogP contribution in [0.2, 0.25) is 0 Å². The number of benzene rings is 1. The molecule has 0 bridgehead atoms. The van der Waals surface area contributed by atoms with Crippen LogP contribution < -0.4 is 5.73 Å². The lowest BCUT2D eigenvalue weighted by atomic mass is 10.1. The van der Waals surface area contributed by atoms with Crippen LogP contribution in [0.3, 0.4) is 0 Å². The maximum atomic E-state index is 11.0. The van der Waals surface area contributed by atoms with Crippen LogP contribution in [-0.2, 0) is 20.7 Å². The zero-order valence-corrected chi connectivity index (χ0v) is 10.6. The van der Waals surface area contributed by atoms with Gasteiger partial charge in [-0.25, -0.2) is 0 Å². The van der Waals surface area contributed by atoms with Crippen molar-refractivity contribution < 1.29 is 14.3 Å². The van der Waals surface area contributed by atoms with Gasteiger partial charge in [0.15, 0.2) is 0 Å². The normalized spacial score (nSPS) is 21.7. The molecule has 0 saturated carbocycles. The highest BCUT2D eigenvalue weighted by Gasteiger charge is 2.29. The first kappa shape index (κ1) is 13.1. The lowest BCUT2D eigenvalue weighted by molar-refractivity contribution is -0.141. The van der Waals surface area contributed by atoms with E-state index in [1.807, 2.05) is 12.1 Å². The van der Waals surface area contributed by atoms with Gasteiger partial charge in [-0.3, -0.25) is 4.79 Å². The second-order valence-corrected chi connectivity index (χ2v) is 4.54. The van der Waals surface area contributed by atoms with Crippen molar-refractivity contribution in [2.45, 2.75) is 31.4 Å². The fourth-order valence-corrected chi connectivity index (χ4v) is 2.33. The number of carbonyl (C=O) groups excluding carboxylic acids is 1. The second-order valence-electron chi connectivity index (χ2n) is 4.54. The Kier molecular flexibility index (Phi) is 4.33. The first-order valence-corrected chi connectivity index (χ1v) is 6.24. The highest BCUT2D eigenvalue weighted by molar-refractivity contribution is 5.68. The Morgan fingerprint density at radius 1 is 1.44 bits per heavy atom. The summed E-state index contributed by atoms with van der Waals surface area (Å²) in [5.74, 6) is -0.199. The van der Waals surface area contributed by atoms with Gasteiger partial charge in [0.25, 0.3) is 0 Å². The van der Waals surface area contributed by atoms with Crippen LogP contribution in [0.15, 0.2) is 24.3 Å². The Labute approximate surface area is 107 Å². The number of methoxy groups -OCH3 is 1. The number of hydrogen-bond donors (Lipinski definition) is 1. The molecule has 0 amide bonds. The van der Waals surface area contributed by atoms with Gasteiger partial charge in [-0.2, -0.15) is 0 Å². The third-order valence-electron chi connectivity index (χ3n) is 3.26. The third-order valence-corrected chi connectivity index (χ3v) is 3.26. The molecule has 2 atom stereocenters. The molecule has 2 unspecified atom stereocenters. The molecule has 1 aromatic rings. The summed E-state index contributed by atoms with van der Waals surface area (Å²) in [7, 11) is 1.40. The summed E-state index contributed by atoms with van der Waals surface area (Å²) in [6, 6.07) is 8.19. The van der Waals surface area contributed by atoms with Gasteiger partial charge in [-0.15, -0.1) is 0 Å². The largest absolute Gasteiger partial charge is 0.469 e. The van der Waals surface area contributed by atoms with Crippen LogP contribution in [-0.4, -0.2) is 25.7 Å². The second kappa shape index (κ2) is 5.98. The molecule has 1 aliphatic rings. The molecule has 2 rings (SSSR count). The number of hydrogen-bond acceptors (Lipinski definition) is 4. The van der Waals surface area contributed by atoms with Crippen molar-refractivity contribution in [2.24, 2.45) is 5.73 Å². The van der Waals surface area contributed by atoms with Crippen molar-refractivity contribution in [1.29, 1.82) is 0 Å². The molecule has 0 radical (unpaired) electrons. The lowest BCUT2D eigenvalue weighted by Gasteiger charge is -2.17. The zero-order valence-electron chi connectivity index (χ0n) is 10.6. The van der Waals surface area contributed by atoms with Crippen molar-refractivity contribution in [1.82, 2.24) is 0 Å². The molecule has 18 heavy (non-hydrogen) atoms. The number of ether oxygens (including phenoxy) is 2. The third kappa shape index (κ3) is 2.89. The number of rotatable bonds is 5. The van der Waals surface area contributed by atoms with E-state index in [-0.39, 0.29) is 18.1 Å². The Bertz CT molecular complexity index is 419. The molecule has 0 fully saturated rings. The molecule has 0 spiro atoms. The average Bonchev–Trinajstić information content (AvgIpc) is 2.70. The topological polar surface area (TPSA) is 61.5 Å². The van der Waals surface area contributed by atoms with E-state index in [4.69, 9.17) is 10.5 Å². The monoisotopic (exact) mass is 249 g/mol. The zero-order chi connectivity index (χ0) is 13.0. The highest BCUT2D eigenvalue weighted by atomic mass is 16.5. The maximum Gasteiger partial charge on any atom is 0.305 e. The summed E-state index contributed by atoms with van der Waals surface area (Å²) in [5, 5.41) is 0. The first-order chi connectivity index (χ1) is 8.72. The highest BCUT2D eigenvalue weighted by Crippen LogP contribution is 2.33. The van der Waals surface area contributed by atoms with E-state index in [1.54, 1.807) is 0 Å². The van der Waals surface area contributed by atoms with Gasteiger partial charge in [0.05, 0.1) is 13.2 Å². The molecule has 1 aromatic carbocycles. The van der Waals surface area contributed by atoms with Crippen molar-refractivity contribution >= 4 is 5.97 Å². The first-order valence-electron chi connectivity index (χ1n) is 6.24. The molecule has 0 heterocycles. The summed E-state index contributed by atoms with van der Waals surface area (Å²) in [5.41, 5.74) is 8.53.